The van der Waals surface area contributed by atoms with Gasteiger partial charge in [0.1, 0.15) is 11.1 Å². The van der Waals surface area contributed by atoms with Crippen LogP contribution in [0.5, 0.6) is 0 Å². The molecule has 1 amide bonds. The van der Waals surface area contributed by atoms with E-state index < -0.39 is 0 Å². The highest BCUT2D eigenvalue weighted by Gasteiger charge is 2.25. The number of likely N-dealkylation sites (tertiary alicyclic amines) is 1. The van der Waals surface area contributed by atoms with Crippen molar-refractivity contribution in [1.82, 2.24) is 4.90 Å². The second kappa shape index (κ2) is 6.84. The number of carbonyl (C=O) groups excluding carboxylic acids is 1. The molecule has 0 saturated carbocycles. The summed E-state index contributed by atoms with van der Waals surface area (Å²) in [7, 11) is 0. The Morgan fingerprint density at radius 1 is 1.75 bits per heavy atom. The average Bonchev–Trinajstić information content (AvgIpc) is 3.04. The largest absolute Gasteiger partial charge is 0.328 e. The fourth-order valence-electron chi connectivity index (χ4n) is 2.44. The molecule has 1 aromatic heterocycles. The first-order valence-corrected chi connectivity index (χ1v) is 7.73. The normalized spacial score (nSPS) is 20.6. The molecule has 6 heteroatoms. The molecular weight excluding hydrogens is 272 g/mol. The van der Waals surface area contributed by atoms with E-state index in [0.29, 0.717) is 22.9 Å². The van der Waals surface area contributed by atoms with Gasteiger partial charge in [0.05, 0.1) is 5.56 Å². The van der Waals surface area contributed by atoms with Gasteiger partial charge in [0.2, 0.25) is 5.91 Å². The van der Waals surface area contributed by atoms with Crippen LogP contribution in [0.3, 0.4) is 0 Å². The number of carbonyl (C=O) groups is 1. The number of nitrogens with one attached hydrogen (secondary N) is 1. The quantitative estimate of drug-likeness (QED) is 0.864. The van der Waals surface area contributed by atoms with Crippen LogP contribution in [-0.4, -0.2) is 36.5 Å². The molecule has 2 atom stereocenters. The zero-order chi connectivity index (χ0) is 14.5. The van der Waals surface area contributed by atoms with Crippen LogP contribution >= 0.6 is 11.3 Å². The van der Waals surface area contributed by atoms with E-state index in [0.717, 1.165) is 26.1 Å². The summed E-state index contributed by atoms with van der Waals surface area (Å²) in [6.07, 6.45) is 1.57. The molecule has 2 unspecified atom stereocenters. The lowest BCUT2D eigenvalue weighted by molar-refractivity contribution is -0.116. The van der Waals surface area contributed by atoms with E-state index in [9.17, 15) is 4.79 Å². The summed E-state index contributed by atoms with van der Waals surface area (Å²) in [5, 5.41) is 14.1. The van der Waals surface area contributed by atoms with Crippen LogP contribution in [0.1, 0.15) is 25.3 Å². The number of nitriles is 1. The molecule has 1 fully saturated rings. The maximum Gasteiger partial charge on any atom is 0.226 e. The number of thiophene rings is 1. The van der Waals surface area contributed by atoms with Gasteiger partial charge < -0.3 is 16.0 Å². The van der Waals surface area contributed by atoms with Gasteiger partial charge >= 0.3 is 0 Å². The third-order valence-corrected chi connectivity index (χ3v) is 4.58. The van der Waals surface area contributed by atoms with Gasteiger partial charge in [-0.1, -0.05) is 0 Å². The summed E-state index contributed by atoms with van der Waals surface area (Å²) < 4.78 is 0. The van der Waals surface area contributed by atoms with Crippen LogP contribution < -0.4 is 11.1 Å². The lowest BCUT2D eigenvalue weighted by atomic mass is 10.0. The molecule has 2 rings (SSSR count). The first kappa shape index (κ1) is 15.0. The van der Waals surface area contributed by atoms with Crippen LogP contribution in [0.4, 0.5) is 5.00 Å². The van der Waals surface area contributed by atoms with Crippen molar-refractivity contribution in [3.63, 3.8) is 0 Å². The highest BCUT2D eigenvalue weighted by atomic mass is 32.1. The molecule has 0 bridgehead atoms. The molecule has 5 nitrogen and oxygen atoms in total. The lowest BCUT2D eigenvalue weighted by Gasteiger charge is -2.17. The van der Waals surface area contributed by atoms with Gasteiger partial charge in [0.25, 0.3) is 0 Å². The van der Waals surface area contributed by atoms with Crippen LogP contribution in [0.2, 0.25) is 0 Å². The molecule has 0 radical (unpaired) electrons. The third kappa shape index (κ3) is 3.79. The van der Waals surface area contributed by atoms with E-state index in [1.54, 1.807) is 6.07 Å². The van der Waals surface area contributed by atoms with Crippen molar-refractivity contribution >= 4 is 22.2 Å². The molecule has 1 aromatic rings. The number of hydrogen-bond donors (Lipinski definition) is 2. The van der Waals surface area contributed by atoms with Crippen molar-refractivity contribution in [2.75, 3.05) is 25.0 Å². The smallest absolute Gasteiger partial charge is 0.226 e. The summed E-state index contributed by atoms with van der Waals surface area (Å²) in [6.45, 7) is 4.79. The van der Waals surface area contributed by atoms with Gasteiger partial charge in [-0.2, -0.15) is 5.26 Å². The Hall–Kier alpha value is -1.42. The fraction of sp³-hybridized carbons (Fsp3) is 0.571. The van der Waals surface area contributed by atoms with Gasteiger partial charge in [-0.25, -0.2) is 0 Å². The minimum absolute atomic E-state index is 0.0341. The van der Waals surface area contributed by atoms with Crippen molar-refractivity contribution in [3.8, 4) is 6.07 Å². The number of amides is 1. The van der Waals surface area contributed by atoms with Crippen molar-refractivity contribution in [2.45, 2.75) is 25.8 Å². The number of nitrogens with zero attached hydrogens (tertiary/aromatic N) is 2. The summed E-state index contributed by atoms with van der Waals surface area (Å²) in [5.41, 5.74) is 6.43. The number of rotatable bonds is 5. The zero-order valence-corrected chi connectivity index (χ0v) is 12.4. The Morgan fingerprint density at radius 3 is 3.20 bits per heavy atom. The van der Waals surface area contributed by atoms with Crippen LogP contribution in [-0.2, 0) is 4.79 Å². The van der Waals surface area contributed by atoms with Gasteiger partial charge in [-0.15, -0.1) is 11.3 Å². The Labute approximate surface area is 123 Å². The third-order valence-electron chi connectivity index (χ3n) is 3.75. The fourth-order valence-corrected chi connectivity index (χ4v) is 3.19. The van der Waals surface area contributed by atoms with E-state index in [4.69, 9.17) is 11.0 Å². The second-order valence-electron chi connectivity index (χ2n) is 5.28. The van der Waals surface area contributed by atoms with Gasteiger partial charge in [-0.3, -0.25) is 4.79 Å². The molecule has 0 spiro atoms. The van der Waals surface area contributed by atoms with E-state index in [1.165, 1.54) is 11.3 Å². The monoisotopic (exact) mass is 292 g/mol. The zero-order valence-electron chi connectivity index (χ0n) is 11.6. The molecule has 2 heterocycles. The predicted octanol–water partition coefficient (Wildman–Crippen LogP) is 1.62. The van der Waals surface area contributed by atoms with Crippen LogP contribution in [0, 0.1) is 17.2 Å². The van der Waals surface area contributed by atoms with Crippen LogP contribution in [0.15, 0.2) is 11.4 Å². The van der Waals surface area contributed by atoms with Crippen molar-refractivity contribution in [2.24, 2.45) is 11.7 Å². The second-order valence-corrected chi connectivity index (χ2v) is 6.20. The van der Waals surface area contributed by atoms with Crippen molar-refractivity contribution in [3.05, 3.63) is 17.0 Å². The molecule has 20 heavy (non-hydrogen) atoms. The van der Waals surface area contributed by atoms with Crippen molar-refractivity contribution in [1.29, 1.82) is 5.26 Å². The topological polar surface area (TPSA) is 82.2 Å². The number of nitrogens with two attached hydrogens (primary N) is 1. The molecule has 108 valence electrons. The average molecular weight is 292 g/mol. The highest BCUT2D eigenvalue weighted by molar-refractivity contribution is 7.14. The molecule has 3 N–H and O–H groups in total. The maximum atomic E-state index is 11.9. The van der Waals surface area contributed by atoms with Crippen molar-refractivity contribution < 1.29 is 4.79 Å². The molecule has 1 saturated heterocycles. The van der Waals surface area contributed by atoms with E-state index in [1.807, 2.05) is 12.3 Å². The first-order valence-electron chi connectivity index (χ1n) is 6.85. The molecule has 0 aromatic carbocycles. The molecule has 1 aliphatic rings. The standard InChI is InChI=1S/C14H20N4OS/c1-10(16)12-2-5-18(9-12)6-3-13(19)17-14-11(8-15)4-7-20-14/h4,7,10,12H,2-3,5-6,9,16H2,1H3,(H,17,19). The summed E-state index contributed by atoms with van der Waals surface area (Å²) in [5.74, 6) is 0.508. The highest BCUT2D eigenvalue weighted by Crippen LogP contribution is 2.22. The maximum absolute atomic E-state index is 11.9. The Balaban J connectivity index is 1.75. The molecule has 0 aliphatic carbocycles. The summed E-state index contributed by atoms with van der Waals surface area (Å²) >= 11 is 1.38. The number of anilines is 1. The SMILES string of the molecule is CC(N)C1CCN(CCC(=O)Nc2sccc2C#N)C1. The Kier molecular flexibility index (Phi) is 5.12. The Bertz CT molecular complexity index is 506. The minimum Gasteiger partial charge on any atom is -0.328 e. The molecule has 1 aliphatic heterocycles. The van der Waals surface area contributed by atoms with Gasteiger partial charge in [0.15, 0.2) is 0 Å². The minimum atomic E-state index is -0.0341. The van der Waals surface area contributed by atoms with E-state index in [-0.39, 0.29) is 11.9 Å². The summed E-state index contributed by atoms with van der Waals surface area (Å²) in [6, 6.07) is 4.00. The Morgan fingerprint density at radius 2 is 2.55 bits per heavy atom. The van der Waals surface area contributed by atoms with Crippen LogP contribution in [0.25, 0.3) is 0 Å². The van der Waals surface area contributed by atoms with E-state index in [2.05, 4.69) is 16.3 Å². The van der Waals surface area contributed by atoms with E-state index >= 15 is 0 Å². The summed E-state index contributed by atoms with van der Waals surface area (Å²) in [4.78, 5) is 14.2. The van der Waals surface area contributed by atoms with Gasteiger partial charge in [-0.05, 0) is 37.3 Å². The first-order chi connectivity index (χ1) is 9.60. The predicted molar refractivity (Wildman–Crippen MR) is 80.5 cm³/mol. The number of hydrogen-bond acceptors (Lipinski definition) is 5. The molecular formula is C14H20N4OS. The lowest BCUT2D eigenvalue weighted by Crippen LogP contribution is -2.31. The van der Waals surface area contributed by atoms with Gasteiger partial charge in [0, 0.05) is 25.6 Å².